The lowest BCUT2D eigenvalue weighted by atomic mass is 9.84. The molecular formula is C20H32. The third kappa shape index (κ3) is 6.93. The van der Waals surface area contributed by atoms with Gasteiger partial charge >= 0.3 is 0 Å². The second-order valence-corrected chi connectivity index (χ2v) is 8.49. The molecule has 0 atom stereocenters. The van der Waals surface area contributed by atoms with E-state index in [1.165, 1.54) is 29.5 Å². The zero-order valence-corrected chi connectivity index (χ0v) is 14.3. The Labute approximate surface area is 126 Å². The number of benzene rings is 1. The summed E-state index contributed by atoms with van der Waals surface area (Å²) >= 11 is 0. The molecule has 0 radical (unpaired) electrons. The summed E-state index contributed by atoms with van der Waals surface area (Å²) in [5.74, 6) is 0. The lowest BCUT2D eigenvalue weighted by Gasteiger charge is -2.22. The van der Waals surface area contributed by atoms with E-state index < -0.39 is 0 Å². The van der Waals surface area contributed by atoms with E-state index in [0.717, 1.165) is 12.8 Å². The Hall–Kier alpha value is -1.04. The Morgan fingerprint density at radius 1 is 0.900 bits per heavy atom. The minimum Gasteiger partial charge on any atom is -0.0995 e. The molecule has 0 saturated heterocycles. The van der Waals surface area contributed by atoms with Gasteiger partial charge in [0.25, 0.3) is 0 Å². The maximum Gasteiger partial charge on any atom is -0.00669 e. The van der Waals surface area contributed by atoms with Crippen LogP contribution in [0.25, 0.3) is 0 Å². The molecule has 0 saturated carbocycles. The second kappa shape index (κ2) is 6.61. The predicted molar refractivity (Wildman–Crippen MR) is 91.1 cm³/mol. The van der Waals surface area contributed by atoms with E-state index in [4.69, 9.17) is 0 Å². The van der Waals surface area contributed by atoms with Gasteiger partial charge < -0.3 is 0 Å². The van der Waals surface area contributed by atoms with Gasteiger partial charge in [-0.05, 0) is 47.6 Å². The molecule has 1 aromatic rings. The highest BCUT2D eigenvalue weighted by Gasteiger charge is 2.15. The highest BCUT2D eigenvalue weighted by atomic mass is 14.2. The van der Waals surface area contributed by atoms with Crippen molar-refractivity contribution in [1.29, 1.82) is 0 Å². The summed E-state index contributed by atoms with van der Waals surface area (Å²) in [7, 11) is 0. The van der Waals surface area contributed by atoms with Gasteiger partial charge in [0.1, 0.15) is 0 Å². The van der Waals surface area contributed by atoms with Crippen LogP contribution >= 0.6 is 0 Å². The first kappa shape index (κ1) is 17.0. The molecule has 0 fully saturated rings. The van der Waals surface area contributed by atoms with Crippen molar-refractivity contribution in [3.05, 3.63) is 47.5 Å². The third-order valence-electron chi connectivity index (χ3n) is 3.48. The molecule has 0 aliphatic carbocycles. The molecule has 0 amide bonds. The number of rotatable bonds is 5. The van der Waals surface area contributed by atoms with Crippen molar-refractivity contribution in [2.24, 2.45) is 10.8 Å². The summed E-state index contributed by atoms with van der Waals surface area (Å²) < 4.78 is 0. The summed E-state index contributed by atoms with van der Waals surface area (Å²) in [6.45, 7) is 18.1. The van der Waals surface area contributed by atoms with Crippen molar-refractivity contribution >= 4 is 0 Å². The van der Waals surface area contributed by atoms with Crippen LogP contribution in [0.1, 0.15) is 65.5 Å². The largest absolute Gasteiger partial charge is 0.0995 e. The van der Waals surface area contributed by atoms with E-state index in [1.807, 2.05) is 0 Å². The van der Waals surface area contributed by atoms with Gasteiger partial charge in [0, 0.05) is 0 Å². The number of aryl methyl sites for hydroxylation is 1. The summed E-state index contributed by atoms with van der Waals surface area (Å²) in [5.41, 5.74) is 5.04. The van der Waals surface area contributed by atoms with Gasteiger partial charge in [-0.3, -0.25) is 0 Å². The fraction of sp³-hybridized carbons (Fsp3) is 0.600. The smallest absolute Gasteiger partial charge is 0.00669 e. The van der Waals surface area contributed by atoms with Crippen LogP contribution in [0.2, 0.25) is 0 Å². The van der Waals surface area contributed by atoms with Crippen molar-refractivity contribution in [2.75, 3.05) is 0 Å². The molecule has 1 aromatic carbocycles. The fourth-order valence-corrected chi connectivity index (χ4v) is 2.57. The van der Waals surface area contributed by atoms with Crippen molar-refractivity contribution in [1.82, 2.24) is 0 Å². The zero-order chi connectivity index (χ0) is 15.4. The Balaban J connectivity index is 2.73. The number of allylic oxidation sites excluding steroid dienone is 1. The van der Waals surface area contributed by atoms with Crippen molar-refractivity contribution < 1.29 is 0 Å². The van der Waals surface area contributed by atoms with Gasteiger partial charge in [0.2, 0.25) is 0 Å². The van der Waals surface area contributed by atoms with Crippen LogP contribution < -0.4 is 0 Å². The molecule has 0 aliphatic heterocycles. The van der Waals surface area contributed by atoms with Crippen LogP contribution in [0.3, 0.4) is 0 Å². The van der Waals surface area contributed by atoms with E-state index in [0.29, 0.717) is 10.8 Å². The number of hydrogen-bond acceptors (Lipinski definition) is 0. The minimum atomic E-state index is 0.331. The fourth-order valence-electron chi connectivity index (χ4n) is 2.57. The third-order valence-corrected chi connectivity index (χ3v) is 3.48. The molecule has 0 nitrogen and oxygen atoms in total. The van der Waals surface area contributed by atoms with Crippen LogP contribution in [0.4, 0.5) is 0 Å². The Morgan fingerprint density at radius 3 is 1.95 bits per heavy atom. The van der Waals surface area contributed by atoms with Crippen LogP contribution in [-0.2, 0) is 12.8 Å². The van der Waals surface area contributed by atoms with Gasteiger partial charge in [0.15, 0.2) is 0 Å². The molecule has 0 bridgehead atoms. The summed E-state index contributed by atoms with van der Waals surface area (Å²) in [6, 6.07) is 8.87. The lowest BCUT2D eigenvalue weighted by Crippen LogP contribution is -2.09. The van der Waals surface area contributed by atoms with Crippen molar-refractivity contribution in [3.63, 3.8) is 0 Å². The Kier molecular flexibility index (Phi) is 5.62. The zero-order valence-electron chi connectivity index (χ0n) is 14.3. The monoisotopic (exact) mass is 272 g/mol. The van der Waals surface area contributed by atoms with Gasteiger partial charge in [-0.25, -0.2) is 0 Å². The quantitative estimate of drug-likeness (QED) is 0.560. The van der Waals surface area contributed by atoms with Crippen molar-refractivity contribution in [3.8, 4) is 0 Å². The average molecular weight is 272 g/mol. The van der Waals surface area contributed by atoms with Gasteiger partial charge in [0.05, 0.1) is 0 Å². The normalized spacial score (nSPS) is 12.5. The lowest BCUT2D eigenvalue weighted by molar-refractivity contribution is 0.377. The molecule has 0 spiro atoms. The molecule has 0 N–H and O–H groups in total. The SMILES string of the molecule is C=C(Cc1ccccc1CCC(C)(C)C)CC(C)(C)C. The molecule has 20 heavy (non-hydrogen) atoms. The molecule has 0 aliphatic rings. The van der Waals surface area contributed by atoms with Gasteiger partial charge in [-0.1, -0.05) is 78.0 Å². The molecule has 0 aromatic heterocycles. The first-order chi connectivity index (χ1) is 9.07. The number of hydrogen-bond donors (Lipinski definition) is 0. The van der Waals surface area contributed by atoms with Crippen molar-refractivity contribution in [2.45, 2.75) is 67.2 Å². The molecular weight excluding hydrogens is 240 g/mol. The predicted octanol–water partition coefficient (Wildman–Crippen LogP) is 6.20. The second-order valence-electron chi connectivity index (χ2n) is 8.49. The first-order valence-electron chi connectivity index (χ1n) is 7.80. The van der Waals surface area contributed by atoms with Gasteiger partial charge in [-0.15, -0.1) is 0 Å². The van der Waals surface area contributed by atoms with Crippen LogP contribution in [-0.4, -0.2) is 0 Å². The molecule has 0 unspecified atom stereocenters. The molecule has 112 valence electrons. The minimum absolute atomic E-state index is 0.331. The van der Waals surface area contributed by atoms with E-state index in [2.05, 4.69) is 72.4 Å². The average Bonchev–Trinajstić information content (AvgIpc) is 2.24. The highest BCUT2D eigenvalue weighted by Crippen LogP contribution is 2.27. The Bertz CT molecular complexity index is 438. The van der Waals surface area contributed by atoms with Gasteiger partial charge in [-0.2, -0.15) is 0 Å². The highest BCUT2D eigenvalue weighted by molar-refractivity contribution is 5.31. The van der Waals surface area contributed by atoms with Crippen LogP contribution in [0.5, 0.6) is 0 Å². The maximum atomic E-state index is 4.29. The molecule has 0 heteroatoms. The standard InChI is InChI=1S/C20H32/c1-16(15-20(5,6)7)14-18-11-9-8-10-17(18)12-13-19(2,3)4/h8-11H,1,12-15H2,2-7H3. The van der Waals surface area contributed by atoms with Crippen LogP contribution in [0.15, 0.2) is 36.4 Å². The Morgan fingerprint density at radius 2 is 1.45 bits per heavy atom. The first-order valence-corrected chi connectivity index (χ1v) is 7.80. The van der Waals surface area contributed by atoms with E-state index >= 15 is 0 Å². The van der Waals surface area contributed by atoms with E-state index in [9.17, 15) is 0 Å². The molecule has 0 heterocycles. The summed E-state index contributed by atoms with van der Waals surface area (Å²) in [6.07, 6.45) is 4.52. The summed E-state index contributed by atoms with van der Waals surface area (Å²) in [5, 5.41) is 0. The maximum absolute atomic E-state index is 4.29. The molecule has 1 rings (SSSR count). The van der Waals surface area contributed by atoms with E-state index in [1.54, 1.807) is 0 Å². The van der Waals surface area contributed by atoms with E-state index in [-0.39, 0.29) is 0 Å². The van der Waals surface area contributed by atoms with Crippen LogP contribution in [0, 0.1) is 10.8 Å². The summed E-state index contributed by atoms with van der Waals surface area (Å²) in [4.78, 5) is 0. The topological polar surface area (TPSA) is 0 Å².